The van der Waals surface area contributed by atoms with Crippen LogP contribution >= 0.6 is 0 Å². The summed E-state index contributed by atoms with van der Waals surface area (Å²) in [7, 11) is 0. The Bertz CT molecular complexity index is 402. The smallest absolute Gasteiger partial charge is 0.226 e. The van der Waals surface area contributed by atoms with Crippen molar-refractivity contribution in [1.82, 2.24) is 4.90 Å². The van der Waals surface area contributed by atoms with Crippen LogP contribution in [-0.4, -0.2) is 29.1 Å². The van der Waals surface area contributed by atoms with Crippen molar-refractivity contribution in [1.29, 1.82) is 0 Å². The second kappa shape index (κ2) is 4.04. The normalized spacial score (nSPS) is 22.1. The lowest BCUT2D eigenvalue weighted by Gasteiger charge is -2.13. The van der Waals surface area contributed by atoms with Crippen molar-refractivity contribution in [3.8, 4) is 5.75 Å². The Labute approximate surface area is 87.1 Å². The first-order valence-corrected chi connectivity index (χ1v) is 4.94. The summed E-state index contributed by atoms with van der Waals surface area (Å²) in [5.74, 6) is 0.212. The quantitative estimate of drug-likeness (QED) is 0.711. The van der Waals surface area contributed by atoms with Crippen LogP contribution in [0.3, 0.4) is 0 Å². The van der Waals surface area contributed by atoms with Gasteiger partial charge in [0.1, 0.15) is 12.0 Å². The monoisotopic (exact) mass is 210 g/mol. The fourth-order valence-corrected chi connectivity index (χ4v) is 1.75. The molecular weight excluding hydrogens is 196 g/mol. The molecule has 1 aliphatic rings. The third kappa shape index (κ3) is 2.37. The molecule has 1 aliphatic heterocycles. The van der Waals surface area contributed by atoms with Crippen LogP contribution in [0.5, 0.6) is 5.75 Å². The van der Waals surface area contributed by atoms with Gasteiger partial charge in [-0.05, 0) is 6.42 Å². The molecule has 0 amide bonds. The molecule has 0 spiro atoms. The summed E-state index contributed by atoms with van der Waals surface area (Å²) in [5.41, 5.74) is 5.36. The van der Waals surface area contributed by atoms with Gasteiger partial charge in [-0.2, -0.15) is 0 Å². The summed E-state index contributed by atoms with van der Waals surface area (Å²) < 4.78 is 5.10. The first-order valence-electron chi connectivity index (χ1n) is 4.94. The van der Waals surface area contributed by atoms with E-state index in [2.05, 4.69) is 4.90 Å². The number of hydrogen-bond donors (Lipinski definition) is 2. The highest BCUT2D eigenvalue weighted by Gasteiger charge is 2.19. The highest BCUT2D eigenvalue weighted by molar-refractivity contribution is 5.15. The average molecular weight is 210 g/mol. The van der Waals surface area contributed by atoms with Crippen LogP contribution < -0.4 is 11.2 Å². The van der Waals surface area contributed by atoms with Crippen molar-refractivity contribution < 1.29 is 9.52 Å². The Hall–Kier alpha value is -1.33. The summed E-state index contributed by atoms with van der Waals surface area (Å²) in [6.45, 7) is 2.32. The Morgan fingerprint density at radius 2 is 2.47 bits per heavy atom. The van der Waals surface area contributed by atoms with Crippen LogP contribution in [0.15, 0.2) is 21.5 Å². The minimum Gasteiger partial charge on any atom is -0.502 e. The lowest BCUT2D eigenvalue weighted by Crippen LogP contribution is -2.26. The maximum absolute atomic E-state index is 11.1. The van der Waals surface area contributed by atoms with E-state index in [4.69, 9.17) is 15.3 Å². The number of nitrogens with zero attached hydrogens (tertiary/aromatic N) is 1. The van der Waals surface area contributed by atoms with Crippen LogP contribution in [0.4, 0.5) is 0 Å². The highest BCUT2D eigenvalue weighted by atomic mass is 16.4. The van der Waals surface area contributed by atoms with Crippen molar-refractivity contribution in [2.24, 2.45) is 5.73 Å². The molecule has 2 rings (SSSR count). The first-order chi connectivity index (χ1) is 7.15. The first kappa shape index (κ1) is 10.2. The van der Waals surface area contributed by atoms with Crippen LogP contribution in [0, 0.1) is 0 Å². The van der Waals surface area contributed by atoms with E-state index in [0.717, 1.165) is 25.8 Å². The molecule has 0 saturated carbocycles. The highest BCUT2D eigenvalue weighted by Crippen LogP contribution is 2.12. The van der Waals surface area contributed by atoms with E-state index in [9.17, 15) is 4.79 Å². The van der Waals surface area contributed by atoms with E-state index in [-0.39, 0.29) is 11.8 Å². The third-order valence-corrected chi connectivity index (χ3v) is 2.55. The molecule has 1 aromatic heterocycles. The Morgan fingerprint density at radius 3 is 3.07 bits per heavy atom. The molecule has 2 heterocycles. The Kier molecular flexibility index (Phi) is 2.75. The number of likely N-dealkylation sites (tertiary alicyclic amines) is 1. The van der Waals surface area contributed by atoms with Gasteiger partial charge < -0.3 is 15.3 Å². The second-order valence-electron chi connectivity index (χ2n) is 3.88. The molecule has 5 heteroatoms. The van der Waals surface area contributed by atoms with E-state index in [1.54, 1.807) is 0 Å². The maximum atomic E-state index is 11.1. The fourth-order valence-electron chi connectivity index (χ4n) is 1.75. The minimum absolute atomic E-state index is 0.217. The minimum atomic E-state index is -0.403. The third-order valence-electron chi connectivity index (χ3n) is 2.55. The number of hydrogen-bond acceptors (Lipinski definition) is 5. The SMILES string of the molecule is N[C@@H]1CCN(Cc2cc(=O)c(O)co2)C1. The lowest BCUT2D eigenvalue weighted by molar-refractivity contribution is 0.286. The van der Waals surface area contributed by atoms with E-state index in [0.29, 0.717) is 12.3 Å². The van der Waals surface area contributed by atoms with E-state index < -0.39 is 5.43 Å². The molecule has 5 nitrogen and oxygen atoms in total. The van der Waals surface area contributed by atoms with Gasteiger partial charge in [0, 0.05) is 25.2 Å². The molecule has 1 fully saturated rings. The average Bonchev–Trinajstić information content (AvgIpc) is 2.58. The predicted molar refractivity (Wildman–Crippen MR) is 54.5 cm³/mol. The standard InChI is InChI=1S/C10H14N2O3/c11-7-1-2-12(4-7)5-8-3-9(13)10(14)6-15-8/h3,6-7,14H,1-2,4-5,11H2/t7-/m1/s1. The molecule has 3 N–H and O–H groups in total. The molecule has 0 radical (unpaired) electrons. The van der Waals surface area contributed by atoms with Crippen LogP contribution in [-0.2, 0) is 6.54 Å². The molecular formula is C10H14N2O3. The van der Waals surface area contributed by atoms with Gasteiger partial charge in [-0.25, -0.2) is 0 Å². The van der Waals surface area contributed by atoms with Gasteiger partial charge >= 0.3 is 0 Å². The van der Waals surface area contributed by atoms with Gasteiger partial charge in [0.05, 0.1) is 6.54 Å². The molecule has 0 unspecified atom stereocenters. The van der Waals surface area contributed by atoms with Crippen LogP contribution in [0.1, 0.15) is 12.2 Å². The summed E-state index contributed by atoms with van der Waals surface area (Å²) in [6.07, 6.45) is 2.05. The Balaban J connectivity index is 2.05. The summed E-state index contributed by atoms with van der Waals surface area (Å²) in [6, 6.07) is 1.54. The van der Waals surface area contributed by atoms with E-state index in [1.807, 2.05) is 0 Å². The van der Waals surface area contributed by atoms with E-state index in [1.165, 1.54) is 6.07 Å². The van der Waals surface area contributed by atoms with Gasteiger partial charge in [-0.15, -0.1) is 0 Å². The largest absolute Gasteiger partial charge is 0.502 e. The van der Waals surface area contributed by atoms with Crippen molar-refractivity contribution in [2.75, 3.05) is 13.1 Å². The molecule has 1 atom stereocenters. The zero-order valence-electron chi connectivity index (χ0n) is 8.35. The Morgan fingerprint density at radius 1 is 1.67 bits per heavy atom. The topological polar surface area (TPSA) is 79.7 Å². The lowest BCUT2D eigenvalue weighted by atomic mass is 10.3. The second-order valence-corrected chi connectivity index (χ2v) is 3.88. The van der Waals surface area contributed by atoms with Gasteiger partial charge in [-0.3, -0.25) is 9.69 Å². The number of aromatic hydroxyl groups is 1. The van der Waals surface area contributed by atoms with Crippen molar-refractivity contribution in [2.45, 2.75) is 19.0 Å². The van der Waals surface area contributed by atoms with Crippen LogP contribution in [0.25, 0.3) is 0 Å². The number of nitrogens with two attached hydrogens (primary N) is 1. The molecule has 15 heavy (non-hydrogen) atoms. The number of rotatable bonds is 2. The van der Waals surface area contributed by atoms with E-state index >= 15 is 0 Å². The zero-order valence-corrected chi connectivity index (χ0v) is 8.35. The maximum Gasteiger partial charge on any atom is 0.226 e. The fraction of sp³-hybridized carbons (Fsp3) is 0.500. The van der Waals surface area contributed by atoms with Gasteiger partial charge in [0.2, 0.25) is 5.43 Å². The predicted octanol–water partition coefficient (Wildman–Crippen LogP) is -0.122. The van der Waals surface area contributed by atoms with Crippen molar-refractivity contribution in [3.63, 3.8) is 0 Å². The molecule has 82 valence electrons. The molecule has 0 aliphatic carbocycles. The van der Waals surface area contributed by atoms with Crippen molar-refractivity contribution in [3.05, 3.63) is 28.3 Å². The van der Waals surface area contributed by atoms with Gasteiger partial charge in [0.15, 0.2) is 5.75 Å². The van der Waals surface area contributed by atoms with Gasteiger partial charge in [-0.1, -0.05) is 0 Å². The molecule has 0 aromatic carbocycles. The van der Waals surface area contributed by atoms with Crippen LogP contribution in [0.2, 0.25) is 0 Å². The van der Waals surface area contributed by atoms with Crippen molar-refractivity contribution >= 4 is 0 Å². The molecule has 1 aromatic rings. The zero-order chi connectivity index (χ0) is 10.8. The molecule has 0 bridgehead atoms. The summed E-state index contributed by atoms with van der Waals surface area (Å²) >= 11 is 0. The summed E-state index contributed by atoms with van der Waals surface area (Å²) in [5, 5.41) is 9.01. The van der Waals surface area contributed by atoms with Gasteiger partial charge in [0.25, 0.3) is 0 Å². The molecule has 1 saturated heterocycles. The summed E-state index contributed by atoms with van der Waals surface area (Å²) in [4.78, 5) is 13.2.